The molecule has 0 aromatic heterocycles. The van der Waals surface area contributed by atoms with Crippen molar-refractivity contribution in [3.63, 3.8) is 0 Å². The van der Waals surface area contributed by atoms with Crippen molar-refractivity contribution in [1.29, 1.82) is 0 Å². The second-order valence-corrected chi connectivity index (χ2v) is 5.79. The van der Waals surface area contributed by atoms with Crippen molar-refractivity contribution >= 4 is 38.5 Å². The van der Waals surface area contributed by atoms with E-state index in [1.54, 1.807) is 0 Å². The summed E-state index contributed by atoms with van der Waals surface area (Å²) in [5, 5.41) is 1.18. The Kier molecular flexibility index (Phi) is 15.4. The molecule has 0 aromatic rings. The SMILES string of the molecule is BrCCCCCCCCCCCCI. The summed E-state index contributed by atoms with van der Waals surface area (Å²) in [5.74, 6) is 0. The number of hydrogen-bond acceptors (Lipinski definition) is 0. The first-order chi connectivity index (χ1) is 6.91. The van der Waals surface area contributed by atoms with Gasteiger partial charge in [-0.3, -0.25) is 0 Å². The van der Waals surface area contributed by atoms with Crippen LogP contribution in [-0.2, 0) is 0 Å². The lowest BCUT2D eigenvalue weighted by Gasteiger charge is -2.01. The molecule has 0 amide bonds. The maximum Gasteiger partial charge on any atom is 0.00313 e. The van der Waals surface area contributed by atoms with Crippen molar-refractivity contribution in [2.45, 2.75) is 64.2 Å². The van der Waals surface area contributed by atoms with Crippen LogP contribution in [0.15, 0.2) is 0 Å². The van der Waals surface area contributed by atoms with Gasteiger partial charge in [0.15, 0.2) is 0 Å². The third-order valence-electron chi connectivity index (χ3n) is 2.52. The van der Waals surface area contributed by atoms with Gasteiger partial charge in [0.05, 0.1) is 0 Å². The van der Waals surface area contributed by atoms with Crippen LogP contribution in [0.25, 0.3) is 0 Å². The maximum absolute atomic E-state index is 3.47. The second kappa shape index (κ2) is 14.2. The fourth-order valence-corrected chi connectivity index (χ4v) is 2.54. The van der Waals surface area contributed by atoms with E-state index in [0.29, 0.717) is 0 Å². The lowest BCUT2D eigenvalue weighted by atomic mass is 10.1. The van der Waals surface area contributed by atoms with Crippen molar-refractivity contribution in [2.75, 3.05) is 9.76 Å². The van der Waals surface area contributed by atoms with Gasteiger partial charge < -0.3 is 0 Å². The molecular formula is C12H24BrI. The molecule has 0 rings (SSSR count). The molecule has 2 heteroatoms. The van der Waals surface area contributed by atoms with Gasteiger partial charge in [-0.1, -0.05) is 89.9 Å². The van der Waals surface area contributed by atoms with Gasteiger partial charge in [0.25, 0.3) is 0 Å². The van der Waals surface area contributed by atoms with Crippen LogP contribution in [0.3, 0.4) is 0 Å². The third kappa shape index (κ3) is 13.2. The van der Waals surface area contributed by atoms with Crippen LogP contribution < -0.4 is 0 Å². The molecule has 0 N–H and O–H groups in total. The molecule has 0 saturated carbocycles. The normalized spacial score (nSPS) is 10.7. The van der Waals surface area contributed by atoms with Gasteiger partial charge in [0.2, 0.25) is 0 Å². The predicted octanol–water partition coefficient (Wildman–Crippen LogP) is 5.72. The van der Waals surface area contributed by atoms with Crippen LogP contribution in [-0.4, -0.2) is 9.76 Å². The lowest BCUT2D eigenvalue weighted by Crippen LogP contribution is -1.82. The van der Waals surface area contributed by atoms with E-state index in [1.807, 2.05) is 0 Å². The van der Waals surface area contributed by atoms with Crippen LogP contribution in [0.1, 0.15) is 64.2 Å². The summed E-state index contributed by atoms with van der Waals surface area (Å²) in [5.41, 5.74) is 0. The van der Waals surface area contributed by atoms with Crippen molar-refractivity contribution in [2.24, 2.45) is 0 Å². The molecule has 0 aromatic carbocycles. The Balaban J connectivity index is 2.78. The summed E-state index contributed by atoms with van der Waals surface area (Å²) >= 11 is 5.94. The van der Waals surface area contributed by atoms with E-state index in [9.17, 15) is 0 Å². The zero-order valence-corrected chi connectivity index (χ0v) is 13.0. The van der Waals surface area contributed by atoms with Crippen molar-refractivity contribution < 1.29 is 0 Å². The van der Waals surface area contributed by atoms with Gasteiger partial charge >= 0.3 is 0 Å². The van der Waals surface area contributed by atoms with Crippen LogP contribution in [0.4, 0.5) is 0 Å². The van der Waals surface area contributed by atoms with Gasteiger partial charge in [-0.05, 0) is 17.3 Å². The van der Waals surface area contributed by atoms with E-state index in [2.05, 4.69) is 38.5 Å². The summed E-state index contributed by atoms with van der Waals surface area (Å²) in [4.78, 5) is 0. The van der Waals surface area contributed by atoms with Crippen molar-refractivity contribution in [3.05, 3.63) is 0 Å². The Bertz CT molecular complexity index is 84.3. The highest BCUT2D eigenvalue weighted by Gasteiger charge is 1.92. The number of hydrogen-bond donors (Lipinski definition) is 0. The summed E-state index contributed by atoms with van der Waals surface area (Å²) in [6.45, 7) is 0. The maximum atomic E-state index is 3.47. The Morgan fingerprint density at radius 1 is 0.571 bits per heavy atom. The zero-order valence-electron chi connectivity index (χ0n) is 9.24. The fourth-order valence-electron chi connectivity index (χ4n) is 1.60. The first-order valence-electron chi connectivity index (χ1n) is 6.03. The molecule has 0 aliphatic heterocycles. The molecule has 14 heavy (non-hydrogen) atoms. The highest BCUT2D eigenvalue weighted by atomic mass is 127. The third-order valence-corrected chi connectivity index (χ3v) is 3.84. The average Bonchev–Trinajstić information content (AvgIpc) is 2.21. The predicted molar refractivity (Wildman–Crippen MR) is 78.9 cm³/mol. The summed E-state index contributed by atoms with van der Waals surface area (Å²) in [6.07, 6.45) is 14.4. The minimum Gasteiger partial charge on any atom is -0.0928 e. The molecule has 0 saturated heterocycles. The molecule has 0 unspecified atom stereocenters. The molecule has 0 aliphatic carbocycles. The van der Waals surface area contributed by atoms with Crippen LogP contribution in [0, 0.1) is 0 Å². The summed E-state index contributed by atoms with van der Waals surface area (Å²) in [7, 11) is 0. The van der Waals surface area contributed by atoms with E-state index in [1.165, 1.54) is 74.0 Å². The Morgan fingerprint density at radius 3 is 1.29 bits per heavy atom. The van der Waals surface area contributed by atoms with E-state index >= 15 is 0 Å². The molecule has 0 radical (unpaired) electrons. The van der Waals surface area contributed by atoms with Crippen molar-refractivity contribution in [3.8, 4) is 0 Å². The van der Waals surface area contributed by atoms with E-state index in [0.717, 1.165) is 0 Å². The number of unbranched alkanes of at least 4 members (excludes halogenated alkanes) is 9. The van der Waals surface area contributed by atoms with Gasteiger partial charge in [-0.2, -0.15) is 0 Å². The van der Waals surface area contributed by atoms with Crippen molar-refractivity contribution in [1.82, 2.24) is 0 Å². The first kappa shape index (κ1) is 15.2. The van der Waals surface area contributed by atoms with E-state index in [4.69, 9.17) is 0 Å². The topological polar surface area (TPSA) is 0 Å². The highest BCUT2D eigenvalue weighted by molar-refractivity contribution is 14.1. The monoisotopic (exact) mass is 374 g/mol. The lowest BCUT2D eigenvalue weighted by molar-refractivity contribution is 0.564. The molecule has 0 nitrogen and oxygen atoms in total. The number of halogens is 2. The first-order valence-corrected chi connectivity index (χ1v) is 8.68. The Morgan fingerprint density at radius 2 is 0.929 bits per heavy atom. The number of rotatable bonds is 11. The average molecular weight is 375 g/mol. The summed E-state index contributed by atoms with van der Waals surface area (Å²) in [6, 6.07) is 0. The summed E-state index contributed by atoms with van der Waals surface area (Å²) < 4.78 is 1.34. The van der Waals surface area contributed by atoms with Crippen LogP contribution in [0.2, 0.25) is 0 Å². The molecule has 0 heterocycles. The Labute approximate surface area is 112 Å². The molecule has 0 spiro atoms. The molecule has 86 valence electrons. The van der Waals surface area contributed by atoms with Gasteiger partial charge in [-0.25, -0.2) is 0 Å². The molecule has 0 aliphatic rings. The minimum absolute atomic E-state index is 1.18. The van der Waals surface area contributed by atoms with Gasteiger partial charge in [-0.15, -0.1) is 0 Å². The highest BCUT2D eigenvalue weighted by Crippen LogP contribution is 2.11. The largest absolute Gasteiger partial charge is 0.0928 e. The van der Waals surface area contributed by atoms with Crippen LogP contribution >= 0.6 is 38.5 Å². The molecule has 0 bridgehead atoms. The second-order valence-electron chi connectivity index (χ2n) is 3.91. The molecule has 0 fully saturated rings. The van der Waals surface area contributed by atoms with Gasteiger partial charge in [0, 0.05) is 5.33 Å². The standard InChI is InChI=1S/C12H24BrI/c13-11-9-7-5-3-1-2-4-6-8-10-12-14/h1-12H2. The smallest absolute Gasteiger partial charge is 0.00313 e. The molecule has 0 atom stereocenters. The minimum atomic E-state index is 1.18. The Hall–Kier alpha value is 1.21. The quantitative estimate of drug-likeness (QED) is 0.246. The van der Waals surface area contributed by atoms with E-state index < -0.39 is 0 Å². The fraction of sp³-hybridized carbons (Fsp3) is 1.00. The van der Waals surface area contributed by atoms with Gasteiger partial charge in [0.1, 0.15) is 0 Å². The number of alkyl halides is 2. The van der Waals surface area contributed by atoms with E-state index in [-0.39, 0.29) is 0 Å². The zero-order chi connectivity index (χ0) is 10.5. The van der Waals surface area contributed by atoms with Crippen LogP contribution in [0.5, 0.6) is 0 Å². The molecular weight excluding hydrogens is 351 g/mol.